The lowest BCUT2D eigenvalue weighted by Gasteiger charge is -2.09. The van der Waals surface area contributed by atoms with Gasteiger partial charge >= 0.3 is 0 Å². The molecule has 29 heavy (non-hydrogen) atoms. The first-order valence-electron chi connectivity index (χ1n) is 8.79. The summed E-state index contributed by atoms with van der Waals surface area (Å²) in [5.74, 6) is 1.28. The van der Waals surface area contributed by atoms with Gasteiger partial charge in [-0.05, 0) is 32.0 Å². The summed E-state index contributed by atoms with van der Waals surface area (Å²) in [6, 6.07) is 10.8. The zero-order valence-corrected chi connectivity index (χ0v) is 17.4. The molecule has 1 N–H and O–H groups in total. The molecule has 9 heteroatoms. The molecule has 0 radical (unpaired) electrons. The van der Waals surface area contributed by atoms with Crippen molar-refractivity contribution in [1.82, 2.24) is 19.9 Å². The van der Waals surface area contributed by atoms with Crippen molar-refractivity contribution in [2.75, 3.05) is 25.3 Å². The monoisotopic (exact) mass is 411 g/mol. The van der Waals surface area contributed by atoms with Crippen LogP contribution in [0.15, 0.2) is 41.6 Å². The molecular formula is C20H21N5O3S. The number of ether oxygens (including phenoxy) is 2. The molecule has 3 rings (SSSR count). The minimum Gasteiger partial charge on any atom is -0.481 e. The number of nitrogens with zero attached hydrogens (tertiary/aromatic N) is 4. The maximum atomic E-state index is 12.3. The molecule has 3 aromatic rings. The van der Waals surface area contributed by atoms with Crippen molar-refractivity contribution in [2.24, 2.45) is 0 Å². The number of nitrogens with one attached hydrogen (secondary N) is 1. The lowest BCUT2D eigenvalue weighted by Crippen LogP contribution is -2.14. The van der Waals surface area contributed by atoms with E-state index in [9.17, 15) is 4.79 Å². The molecule has 0 saturated heterocycles. The maximum absolute atomic E-state index is 12.3. The van der Waals surface area contributed by atoms with Gasteiger partial charge in [0.05, 0.1) is 26.0 Å². The number of carbonyl (C=O) groups excluding carboxylic acids is 1. The fraction of sp³-hybridized carbons (Fsp3) is 0.250. The van der Waals surface area contributed by atoms with Crippen molar-refractivity contribution in [2.45, 2.75) is 19.0 Å². The molecule has 0 atom stereocenters. The summed E-state index contributed by atoms with van der Waals surface area (Å²) >= 11 is 1.29. The van der Waals surface area contributed by atoms with Gasteiger partial charge in [0, 0.05) is 22.6 Å². The molecule has 2 heterocycles. The Balaban J connectivity index is 1.70. The molecule has 0 aliphatic rings. The molecular weight excluding hydrogens is 390 g/mol. The number of amides is 1. The second-order valence-electron chi connectivity index (χ2n) is 6.13. The summed E-state index contributed by atoms with van der Waals surface area (Å²) in [6.07, 6.45) is 0. The number of benzene rings is 1. The number of rotatable bonds is 7. The Morgan fingerprint density at radius 1 is 0.966 bits per heavy atom. The van der Waals surface area contributed by atoms with Crippen molar-refractivity contribution in [3.05, 3.63) is 47.8 Å². The second kappa shape index (κ2) is 9.33. The summed E-state index contributed by atoms with van der Waals surface area (Å²) in [5.41, 5.74) is 3.12. The molecule has 0 fully saturated rings. The van der Waals surface area contributed by atoms with Gasteiger partial charge in [0.25, 0.3) is 0 Å². The van der Waals surface area contributed by atoms with E-state index in [0.717, 1.165) is 17.0 Å². The zero-order valence-electron chi connectivity index (χ0n) is 16.6. The fourth-order valence-electron chi connectivity index (χ4n) is 2.56. The summed E-state index contributed by atoms with van der Waals surface area (Å²) in [7, 11) is 3.05. The Morgan fingerprint density at radius 3 is 2.24 bits per heavy atom. The highest BCUT2D eigenvalue weighted by atomic mass is 32.2. The van der Waals surface area contributed by atoms with Crippen LogP contribution in [0.3, 0.4) is 0 Å². The number of aromatic nitrogens is 4. The predicted octanol–water partition coefficient (Wildman–Crippen LogP) is 3.30. The highest BCUT2D eigenvalue weighted by Gasteiger charge is 2.10. The van der Waals surface area contributed by atoms with Gasteiger partial charge in [-0.15, -0.1) is 0 Å². The van der Waals surface area contributed by atoms with Crippen LogP contribution in [0, 0.1) is 13.8 Å². The molecule has 2 aromatic heterocycles. The molecule has 1 aromatic carbocycles. The molecule has 150 valence electrons. The lowest BCUT2D eigenvalue weighted by molar-refractivity contribution is -0.113. The van der Waals surface area contributed by atoms with E-state index in [2.05, 4.69) is 25.3 Å². The average Bonchev–Trinajstić information content (AvgIpc) is 2.71. The van der Waals surface area contributed by atoms with E-state index in [1.54, 1.807) is 18.2 Å². The van der Waals surface area contributed by atoms with Crippen LogP contribution in [0.5, 0.6) is 11.8 Å². The molecule has 0 bridgehead atoms. The van der Waals surface area contributed by atoms with Crippen molar-refractivity contribution in [3.63, 3.8) is 0 Å². The van der Waals surface area contributed by atoms with Gasteiger partial charge in [-0.2, -0.15) is 9.97 Å². The Morgan fingerprint density at radius 2 is 1.62 bits per heavy atom. The van der Waals surface area contributed by atoms with Gasteiger partial charge in [-0.3, -0.25) is 4.79 Å². The van der Waals surface area contributed by atoms with Crippen LogP contribution >= 0.6 is 11.8 Å². The summed E-state index contributed by atoms with van der Waals surface area (Å²) in [5, 5.41) is 3.46. The van der Waals surface area contributed by atoms with Crippen molar-refractivity contribution in [3.8, 4) is 23.1 Å². The summed E-state index contributed by atoms with van der Waals surface area (Å²) < 4.78 is 10.4. The SMILES string of the molecule is COc1cc(OC)nc(-c2cccc(NC(=O)CSc3nc(C)cc(C)n3)c2)n1. The van der Waals surface area contributed by atoms with E-state index in [1.165, 1.54) is 26.0 Å². The van der Waals surface area contributed by atoms with E-state index in [0.29, 0.717) is 28.4 Å². The Hall–Kier alpha value is -3.20. The van der Waals surface area contributed by atoms with Crippen LogP contribution in [-0.4, -0.2) is 45.8 Å². The van der Waals surface area contributed by atoms with Crippen LogP contribution in [0.1, 0.15) is 11.4 Å². The van der Waals surface area contributed by atoms with Gasteiger partial charge in [0.1, 0.15) is 0 Å². The Labute approximate surface area is 173 Å². The first-order chi connectivity index (χ1) is 14.0. The quantitative estimate of drug-likeness (QED) is 0.467. The van der Waals surface area contributed by atoms with Crippen LogP contribution in [-0.2, 0) is 4.79 Å². The van der Waals surface area contributed by atoms with Gasteiger partial charge < -0.3 is 14.8 Å². The number of thioether (sulfide) groups is 1. The molecule has 8 nitrogen and oxygen atoms in total. The molecule has 0 saturated carbocycles. The second-order valence-corrected chi connectivity index (χ2v) is 7.07. The molecule has 0 aliphatic heterocycles. The van der Waals surface area contributed by atoms with Gasteiger partial charge in [0.2, 0.25) is 17.7 Å². The smallest absolute Gasteiger partial charge is 0.234 e. The van der Waals surface area contributed by atoms with Gasteiger partial charge in [0.15, 0.2) is 11.0 Å². The number of hydrogen-bond donors (Lipinski definition) is 1. The highest BCUT2D eigenvalue weighted by Crippen LogP contribution is 2.25. The number of hydrogen-bond acceptors (Lipinski definition) is 8. The van der Waals surface area contributed by atoms with E-state index in [4.69, 9.17) is 9.47 Å². The van der Waals surface area contributed by atoms with Crippen molar-refractivity contribution >= 4 is 23.4 Å². The largest absolute Gasteiger partial charge is 0.481 e. The van der Waals surface area contributed by atoms with E-state index >= 15 is 0 Å². The predicted molar refractivity (Wildman–Crippen MR) is 111 cm³/mol. The van der Waals surface area contributed by atoms with E-state index in [-0.39, 0.29) is 11.7 Å². The number of aryl methyl sites for hydroxylation is 2. The average molecular weight is 411 g/mol. The highest BCUT2D eigenvalue weighted by molar-refractivity contribution is 7.99. The minimum atomic E-state index is -0.154. The molecule has 1 amide bonds. The van der Waals surface area contributed by atoms with E-state index < -0.39 is 0 Å². The summed E-state index contributed by atoms with van der Waals surface area (Å²) in [4.78, 5) is 29.7. The van der Waals surface area contributed by atoms with Crippen LogP contribution in [0.4, 0.5) is 5.69 Å². The van der Waals surface area contributed by atoms with Crippen molar-refractivity contribution in [1.29, 1.82) is 0 Å². The Kier molecular flexibility index (Phi) is 6.61. The van der Waals surface area contributed by atoms with Crippen LogP contribution < -0.4 is 14.8 Å². The Bertz CT molecular complexity index is 986. The minimum absolute atomic E-state index is 0.154. The fourth-order valence-corrected chi connectivity index (χ4v) is 3.31. The molecule has 0 spiro atoms. The van der Waals surface area contributed by atoms with E-state index in [1.807, 2.05) is 32.0 Å². The topological polar surface area (TPSA) is 99.1 Å². The first kappa shape index (κ1) is 20.5. The number of methoxy groups -OCH3 is 2. The maximum Gasteiger partial charge on any atom is 0.234 e. The first-order valence-corrected chi connectivity index (χ1v) is 9.78. The number of anilines is 1. The summed E-state index contributed by atoms with van der Waals surface area (Å²) in [6.45, 7) is 3.81. The lowest BCUT2D eigenvalue weighted by atomic mass is 10.2. The third kappa shape index (κ3) is 5.64. The van der Waals surface area contributed by atoms with Crippen molar-refractivity contribution < 1.29 is 14.3 Å². The van der Waals surface area contributed by atoms with Gasteiger partial charge in [-0.1, -0.05) is 23.9 Å². The standard InChI is InChI=1S/C20H21N5O3S/c1-12-8-13(2)22-20(21-12)29-11-16(26)23-15-7-5-6-14(9-15)19-24-17(27-3)10-18(25-19)28-4/h5-10H,11H2,1-4H3,(H,23,26). The van der Waals surface area contributed by atoms with Crippen LogP contribution in [0.25, 0.3) is 11.4 Å². The molecule has 0 aliphatic carbocycles. The zero-order chi connectivity index (χ0) is 20.8. The number of carbonyl (C=O) groups is 1. The van der Waals surface area contributed by atoms with Gasteiger partial charge in [-0.25, -0.2) is 9.97 Å². The van der Waals surface area contributed by atoms with Crippen LogP contribution in [0.2, 0.25) is 0 Å². The normalized spacial score (nSPS) is 10.5. The third-order valence-electron chi connectivity index (χ3n) is 3.80. The third-order valence-corrected chi connectivity index (χ3v) is 4.64. The molecule has 0 unspecified atom stereocenters.